The molecule has 3 aromatic heterocycles. The van der Waals surface area contributed by atoms with Crippen LogP contribution in [0.3, 0.4) is 0 Å². The number of fused-ring (bicyclic) bond motifs is 6. The highest BCUT2D eigenvalue weighted by Gasteiger charge is 2.23. The third-order valence-electron chi connectivity index (χ3n) is 14.0. The fourth-order valence-electron chi connectivity index (χ4n) is 10.6. The van der Waals surface area contributed by atoms with E-state index in [9.17, 15) is 21.0 Å². The van der Waals surface area contributed by atoms with Crippen LogP contribution in [0.15, 0.2) is 224 Å². The van der Waals surface area contributed by atoms with E-state index in [1.54, 1.807) is 36.4 Å². The third kappa shape index (κ3) is 7.66. The Labute approximate surface area is 436 Å². The predicted octanol–water partition coefficient (Wildman–Crippen LogP) is 15.6. The van der Waals surface area contributed by atoms with Crippen LogP contribution >= 0.6 is 0 Å². The van der Waals surface area contributed by atoms with Gasteiger partial charge in [-0.15, -0.1) is 0 Å². The van der Waals surface area contributed by atoms with Crippen LogP contribution < -0.4 is 0 Å². The lowest BCUT2D eigenvalue weighted by atomic mass is 9.96. The number of aromatic nitrogens is 5. The van der Waals surface area contributed by atoms with Crippen molar-refractivity contribution in [2.24, 2.45) is 0 Å². The molecule has 0 aliphatic rings. The molecule has 0 unspecified atom stereocenters. The van der Waals surface area contributed by atoms with Crippen LogP contribution in [0.5, 0.6) is 0 Å². The molecule has 0 aliphatic heterocycles. The SMILES string of the molecule is N#Cc1cc(C#N)cc(-c2ccc3c(c2)c2cc(-c4cc(C#N)cc(C#N)c4)ccc2n3-c2ccc(-c3cccc4c3c3ccccc3n4-c3ccccc3)cc2-c2nc(-c3ccccc3)nc(-c3ccccc3)n2)c1. The standard InChI is InChI=1S/C67H37N9/c68-38-42-29-43(39-69)32-51(31-42)48-23-26-60-56(35-48)57-36-49(52-33-44(40-70)30-45(34-52)41-71)24-27-61(57)76(60)62-28-25-50(54-20-12-22-63-64(54)55-19-10-11-21-59(55)75(63)53-17-8-3-9-18-53)37-58(62)67-73-65(46-13-4-1-5-14-46)72-66(74-67)47-15-6-2-7-16-47/h1-37H. The lowest BCUT2D eigenvalue weighted by Crippen LogP contribution is -2.04. The molecule has 0 spiro atoms. The monoisotopic (exact) mass is 967 g/mol. The van der Waals surface area contributed by atoms with Gasteiger partial charge in [-0.1, -0.05) is 127 Å². The molecule has 0 radical (unpaired) electrons. The summed E-state index contributed by atoms with van der Waals surface area (Å²) in [5.74, 6) is 1.53. The van der Waals surface area contributed by atoms with E-state index < -0.39 is 0 Å². The Kier molecular flexibility index (Phi) is 10.8. The van der Waals surface area contributed by atoms with Crippen LogP contribution in [0.2, 0.25) is 0 Å². The Balaban J connectivity index is 1.12. The molecule has 9 nitrogen and oxygen atoms in total. The maximum atomic E-state index is 9.99. The van der Waals surface area contributed by atoms with Gasteiger partial charge in [0.1, 0.15) is 0 Å². The smallest absolute Gasteiger partial charge is 0.166 e. The maximum absolute atomic E-state index is 9.99. The second-order valence-corrected chi connectivity index (χ2v) is 18.5. The van der Waals surface area contributed by atoms with Crippen molar-refractivity contribution in [2.45, 2.75) is 0 Å². The van der Waals surface area contributed by atoms with Crippen LogP contribution in [-0.4, -0.2) is 24.1 Å². The molecular weight excluding hydrogens is 931 g/mol. The van der Waals surface area contributed by atoms with Crippen molar-refractivity contribution in [3.8, 4) is 103 Å². The van der Waals surface area contributed by atoms with Crippen LogP contribution in [0, 0.1) is 45.3 Å². The minimum atomic E-state index is 0.386. The molecule has 0 atom stereocenters. The average molecular weight is 968 g/mol. The summed E-state index contributed by atoms with van der Waals surface area (Å²) in [4.78, 5) is 15.8. The van der Waals surface area contributed by atoms with Crippen molar-refractivity contribution in [1.29, 1.82) is 21.0 Å². The molecule has 0 saturated heterocycles. The molecular formula is C67H37N9. The number of hydrogen-bond donors (Lipinski definition) is 0. The maximum Gasteiger partial charge on any atom is 0.166 e. The summed E-state index contributed by atoms with van der Waals surface area (Å²) in [6, 6.07) is 83.6. The van der Waals surface area contributed by atoms with Gasteiger partial charge in [-0.3, -0.25) is 0 Å². The molecule has 0 N–H and O–H groups in total. The Morgan fingerprint density at radius 2 is 0.750 bits per heavy atom. The Hall–Kier alpha value is -11.2. The van der Waals surface area contributed by atoms with Crippen LogP contribution in [0.4, 0.5) is 0 Å². The number of hydrogen-bond acceptors (Lipinski definition) is 7. The highest BCUT2D eigenvalue weighted by Crippen LogP contribution is 2.44. The van der Waals surface area contributed by atoms with Crippen LogP contribution in [0.1, 0.15) is 22.3 Å². The second kappa shape index (κ2) is 18.4. The molecule has 0 fully saturated rings. The van der Waals surface area contributed by atoms with Crippen LogP contribution in [0.25, 0.3) is 123 Å². The van der Waals surface area contributed by atoms with Crippen molar-refractivity contribution in [3.05, 3.63) is 247 Å². The number of nitrogens with zero attached hydrogens (tertiary/aromatic N) is 9. The van der Waals surface area contributed by atoms with Gasteiger partial charge in [-0.25, -0.2) is 15.0 Å². The predicted molar refractivity (Wildman–Crippen MR) is 300 cm³/mol. The van der Waals surface area contributed by atoms with E-state index in [1.165, 1.54) is 0 Å². The largest absolute Gasteiger partial charge is 0.309 e. The molecule has 9 heteroatoms. The van der Waals surface area contributed by atoms with E-state index in [0.717, 1.165) is 105 Å². The molecule has 13 rings (SSSR count). The summed E-state index contributed by atoms with van der Waals surface area (Å²) in [7, 11) is 0. The van der Waals surface area contributed by atoms with Gasteiger partial charge in [0.15, 0.2) is 17.5 Å². The van der Waals surface area contributed by atoms with Gasteiger partial charge in [0.2, 0.25) is 0 Å². The van der Waals surface area contributed by atoms with E-state index in [1.807, 2.05) is 78.9 Å². The minimum Gasteiger partial charge on any atom is -0.309 e. The van der Waals surface area contributed by atoms with Crippen molar-refractivity contribution >= 4 is 43.6 Å². The van der Waals surface area contributed by atoms with Gasteiger partial charge in [0.05, 0.1) is 74.3 Å². The Morgan fingerprint density at radius 3 is 1.29 bits per heavy atom. The lowest BCUT2D eigenvalue weighted by Gasteiger charge is -2.17. The number of benzene rings is 10. The zero-order valence-corrected chi connectivity index (χ0v) is 40.4. The van der Waals surface area contributed by atoms with Crippen molar-refractivity contribution < 1.29 is 0 Å². The first kappa shape index (κ1) is 44.7. The first-order valence-electron chi connectivity index (χ1n) is 24.6. The van der Waals surface area contributed by atoms with Crippen molar-refractivity contribution in [3.63, 3.8) is 0 Å². The normalized spacial score (nSPS) is 11.1. The number of rotatable bonds is 8. The van der Waals surface area contributed by atoms with Crippen LogP contribution in [-0.2, 0) is 0 Å². The van der Waals surface area contributed by atoms with Gasteiger partial charge in [0, 0.05) is 43.9 Å². The molecule has 13 aromatic rings. The molecule has 0 saturated carbocycles. The van der Waals surface area contributed by atoms with Crippen molar-refractivity contribution in [1.82, 2.24) is 24.1 Å². The summed E-state index contributed by atoms with van der Waals surface area (Å²) in [5, 5.41) is 44.0. The molecule has 3 heterocycles. The molecule has 0 bridgehead atoms. The van der Waals surface area contributed by atoms with E-state index in [4.69, 9.17) is 15.0 Å². The Morgan fingerprint density at radius 1 is 0.289 bits per heavy atom. The average Bonchev–Trinajstić information content (AvgIpc) is 4.03. The van der Waals surface area contributed by atoms with Gasteiger partial charge in [0.25, 0.3) is 0 Å². The summed E-state index contributed by atoms with van der Waals surface area (Å²) < 4.78 is 4.57. The first-order valence-corrected chi connectivity index (χ1v) is 24.6. The fourth-order valence-corrected chi connectivity index (χ4v) is 10.6. The van der Waals surface area contributed by atoms with Gasteiger partial charge < -0.3 is 9.13 Å². The quantitative estimate of drug-likeness (QED) is 0.147. The lowest BCUT2D eigenvalue weighted by molar-refractivity contribution is 1.06. The Bertz CT molecular complexity index is 4420. The fraction of sp³-hybridized carbons (Fsp3) is 0. The molecule has 76 heavy (non-hydrogen) atoms. The second-order valence-electron chi connectivity index (χ2n) is 18.5. The summed E-state index contributed by atoms with van der Waals surface area (Å²) in [6.07, 6.45) is 0. The first-order chi connectivity index (χ1) is 37.5. The molecule has 10 aromatic carbocycles. The van der Waals surface area contributed by atoms with E-state index in [0.29, 0.717) is 39.7 Å². The molecule has 0 aliphatic carbocycles. The molecule has 350 valence electrons. The minimum absolute atomic E-state index is 0.386. The van der Waals surface area contributed by atoms with Gasteiger partial charge in [-0.05, 0) is 130 Å². The van der Waals surface area contributed by atoms with E-state index in [2.05, 4.69) is 143 Å². The zero-order chi connectivity index (χ0) is 51.3. The number of nitriles is 4. The van der Waals surface area contributed by atoms with Crippen molar-refractivity contribution in [2.75, 3.05) is 0 Å². The summed E-state index contributed by atoms with van der Waals surface area (Å²) in [5.41, 5.74) is 14.9. The zero-order valence-electron chi connectivity index (χ0n) is 40.4. The van der Waals surface area contributed by atoms with Gasteiger partial charge >= 0.3 is 0 Å². The van der Waals surface area contributed by atoms with Gasteiger partial charge in [-0.2, -0.15) is 21.0 Å². The highest BCUT2D eigenvalue weighted by atomic mass is 15.1. The topological polar surface area (TPSA) is 144 Å². The van der Waals surface area contributed by atoms with E-state index >= 15 is 0 Å². The third-order valence-corrected chi connectivity index (χ3v) is 14.0. The highest BCUT2D eigenvalue weighted by molar-refractivity contribution is 6.16. The number of para-hydroxylation sites is 2. The molecule has 0 amide bonds. The van der Waals surface area contributed by atoms with E-state index in [-0.39, 0.29) is 0 Å². The summed E-state index contributed by atoms with van der Waals surface area (Å²) in [6.45, 7) is 0. The summed E-state index contributed by atoms with van der Waals surface area (Å²) >= 11 is 0.